The van der Waals surface area contributed by atoms with E-state index < -0.39 is 10.0 Å². The average Bonchev–Trinajstić information content (AvgIpc) is 3.10. The highest BCUT2D eigenvalue weighted by Crippen LogP contribution is 2.31. The summed E-state index contributed by atoms with van der Waals surface area (Å²) in [6.45, 7) is 3.21. The second kappa shape index (κ2) is 4.81. The molecule has 1 aromatic rings. The van der Waals surface area contributed by atoms with Crippen molar-refractivity contribution in [1.82, 2.24) is 9.62 Å². The highest BCUT2D eigenvalue weighted by Gasteiger charge is 2.33. The SMILES string of the molecule is O=S1(=O)NC(=N[C@@H]2CCN(CC3CC3)C2)c2ccccc21. The summed E-state index contributed by atoms with van der Waals surface area (Å²) < 4.78 is 26.7. The molecule has 6 heteroatoms. The number of amidine groups is 1. The Morgan fingerprint density at radius 1 is 1.24 bits per heavy atom. The fourth-order valence-corrected chi connectivity index (χ4v) is 4.40. The molecule has 2 heterocycles. The Balaban J connectivity index is 1.54. The summed E-state index contributed by atoms with van der Waals surface area (Å²) in [5.41, 5.74) is 0.707. The first-order valence-corrected chi connectivity index (χ1v) is 9.02. The van der Waals surface area contributed by atoms with E-state index in [1.165, 1.54) is 19.4 Å². The van der Waals surface area contributed by atoms with E-state index in [0.717, 1.165) is 25.4 Å². The number of hydrogen-bond acceptors (Lipinski definition) is 4. The first kappa shape index (κ1) is 13.3. The lowest BCUT2D eigenvalue weighted by atomic mass is 10.2. The van der Waals surface area contributed by atoms with Crippen LogP contribution < -0.4 is 4.72 Å². The van der Waals surface area contributed by atoms with E-state index in [1.807, 2.05) is 12.1 Å². The Kier molecular flexibility index (Phi) is 3.04. The van der Waals surface area contributed by atoms with Gasteiger partial charge in [-0.25, -0.2) is 8.42 Å². The molecule has 1 N–H and O–H groups in total. The molecule has 0 aromatic heterocycles. The quantitative estimate of drug-likeness (QED) is 0.913. The Hall–Kier alpha value is -1.40. The number of likely N-dealkylation sites (tertiary alicyclic amines) is 1. The molecule has 21 heavy (non-hydrogen) atoms. The van der Waals surface area contributed by atoms with E-state index in [2.05, 4.69) is 14.6 Å². The number of nitrogens with one attached hydrogen (secondary N) is 1. The van der Waals surface area contributed by atoms with Gasteiger partial charge in [-0.3, -0.25) is 9.71 Å². The van der Waals surface area contributed by atoms with Crippen LogP contribution in [0.1, 0.15) is 24.8 Å². The Morgan fingerprint density at radius 2 is 2.05 bits per heavy atom. The van der Waals surface area contributed by atoms with E-state index in [-0.39, 0.29) is 6.04 Å². The largest absolute Gasteiger partial charge is 0.301 e. The van der Waals surface area contributed by atoms with Gasteiger partial charge in [0.25, 0.3) is 10.0 Å². The maximum absolute atomic E-state index is 12.1. The maximum atomic E-state index is 12.1. The zero-order chi connectivity index (χ0) is 14.4. The molecule has 1 aliphatic carbocycles. The minimum Gasteiger partial charge on any atom is -0.301 e. The van der Waals surface area contributed by atoms with Crippen LogP contribution in [-0.2, 0) is 10.0 Å². The number of benzene rings is 1. The third kappa shape index (κ3) is 2.58. The molecule has 1 atom stereocenters. The van der Waals surface area contributed by atoms with Crippen LogP contribution >= 0.6 is 0 Å². The molecular formula is C15H19N3O2S. The monoisotopic (exact) mass is 305 g/mol. The highest BCUT2D eigenvalue weighted by molar-refractivity contribution is 7.90. The lowest BCUT2D eigenvalue weighted by Crippen LogP contribution is -2.26. The Bertz CT molecular complexity index is 695. The second-order valence-corrected chi connectivity index (χ2v) is 7.88. The van der Waals surface area contributed by atoms with Crippen LogP contribution in [0, 0.1) is 5.92 Å². The van der Waals surface area contributed by atoms with Crippen molar-refractivity contribution in [2.75, 3.05) is 19.6 Å². The number of fused-ring (bicyclic) bond motifs is 1. The van der Waals surface area contributed by atoms with Crippen molar-refractivity contribution < 1.29 is 8.42 Å². The molecule has 2 aliphatic heterocycles. The van der Waals surface area contributed by atoms with Gasteiger partial charge in [0.1, 0.15) is 5.84 Å². The zero-order valence-corrected chi connectivity index (χ0v) is 12.6. The topological polar surface area (TPSA) is 61.8 Å². The van der Waals surface area contributed by atoms with Crippen LogP contribution in [0.5, 0.6) is 0 Å². The molecule has 3 aliphatic rings. The lowest BCUT2D eigenvalue weighted by Gasteiger charge is -2.13. The van der Waals surface area contributed by atoms with Crippen LogP contribution in [0.25, 0.3) is 0 Å². The van der Waals surface area contributed by atoms with Gasteiger partial charge in [0, 0.05) is 25.2 Å². The number of sulfonamides is 1. The Morgan fingerprint density at radius 3 is 2.86 bits per heavy atom. The van der Waals surface area contributed by atoms with Crippen LogP contribution in [0.3, 0.4) is 0 Å². The van der Waals surface area contributed by atoms with Crippen molar-refractivity contribution in [2.24, 2.45) is 10.9 Å². The van der Waals surface area contributed by atoms with Gasteiger partial charge < -0.3 is 4.90 Å². The molecule has 0 unspecified atom stereocenters. The van der Waals surface area contributed by atoms with Gasteiger partial charge in [-0.15, -0.1) is 0 Å². The maximum Gasteiger partial charge on any atom is 0.263 e. The van der Waals surface area contributed by atoms with Crippen LogP contribution in [-0.4, -0.2) is 44.8 Å². The molecule has 0 radical (unpaired) electrons. The fourth-order valence-electron chi connectivity index (χ4n) is 3.16. The molecule has 2 fully saturated rings. The molecular weight excluding hydrogens is 286 g/mol. The predicted molar refractivity (Wildman–Crippen MR) is 80.9 cm³/mol. The minimum absolute atomic E-state index is 0.201. The summed E-state index contributed by atoms with van der Waals surface area (Å²) in [5.74, 6) is 1.41. The first-order chi connectivity index (χ1) is 10.1. The van der Waals surface area contributed by atoms with E-state index >= 15 is 0 Å². The van der Waals surface area contributed by atoms with Crippen molar-refractivity contribution in [3.63, 3.8) is 0 Å². The molecule has 5 nitrogen and oxygen atoms in total. The first-order valence-electron chi connectivity index (χ1n) is 7.54. The average molecular weight is 305 g/mol. The minimum atomic E-state index is -3.41. The van der Waals surface area contributed by atoms with Crippen LogP contribution in [0.2, 0.25) is 0 Å². The van der Waals surface area contributed by atoms with Gasteiger partial charge >= 0.3 is 0 Å². The second-order valence-electron chi connectivity index (χ2n) is 6.22. The molecule has 1 saturated heterocycles. The van der Waals surface area contributed by atoms with Crippen molar-refractivity contribution in [1.29, 1.82) is 0 Å². The lowest BCUT2D eigenvalue weighted by molar-refractivity contribution is 0.320. The van der Waals surface area contributed by atoms with Crippen molar-refractivity contribution in [3.8, 4) is 0 Å². The van der Waals surface area contributed by atoms with E-state index in [1.54, 1.807) is 12.1 Å². The number of nitrogens with zero attached hydrogens (tertiary/aromatic N) is 2. The third-order valence-corrected chi connectivity index (χ3v) is 5.83. The summed E-state index contributed by atoms with van der Waals surface area (Å²) in [6.07, 6.45) is 3.74. The molecule has 4 rings (SSSR count). The van der Waals surface area contributed by atoms with Gasteiger partial charge in [-0.1, -0.05) is 12.1 Å². The van der Waals surface area contributed by atoms with Gasteiger partial charge in [0.15, 0.2) is 0 Å². The smallest absolute Gasteiger partial charge is 0.263 e. The third-order valence-electron chi connectivity index (χ3n) is 4.44. The van der Waals surface area contributed by atoms with Gasteiger partial charge in [-0.05, 0) is 37.3 Å². The molecule has 1 aromatic carbocycles. The van der Waals surface area contributed by atoms with Crippen molar-refractivity contribution >= 4 is 15.9 Å². The van der Waals surface area contributed by atoms with Gasteiger partial charge in [-0.2, -0.15) is 0 Å². The molecule has 0 amide bonds. The molecule has 0 spiro atoms. The summed E-state index contributed by atoms with van der Waals surface area (Å²) >= 11 is 0. The normalized spacial score (nSPS) is 29.5. The molecule has 112 valence electrons. The van der Waals surface area contributed by atoms with E-state index in [0.29, 0.717) is 16.3 Å². The van der Waals surface area contributed by atoms with E-state index in [9.17, 15) is 8.42 Å². The summed E-state index contributed by atoms with van der Waals surface area (Å²) in [5, 5.41) is 0. The zero-order valence-electron chi connectivity index (χ0n) is 11.8. The van der Waals surface area contributed by atoms with Crippen LogP contribution in [0.15, 0.2) is 34.2 Å². The molecule has 1 saturated carbocycles. The predicted octanol–water partition coefficient (Wildman–Crippen LogP) is 1.21. The Labute approximate surface area is 125 Å². The van der Waals surface area contributed by atoms with Gasteiger partial charge in [0.2, 0.25) is 0 Å². The highest BCUT2D eigenvalue weighted by atomic mass is 32.2. The summed E-state index contributed by atoms with van der Waals surface area (Å²) in [6, 6.07) is 7.25. The fraction of sp³-hybridized carbons (Fsp3) is 0.533. The molecule has 0 bridgehead atoms. The number of rotatable bonds is 3. The van der Waals surface area contributed by atoms with Gasteiger partial charge in [0.05, 0.1) is 10.9 Å². The summed E-state index contributed by atoms with van der Waals surface area (Å²) in [4.78, 5) is 7.48. The number of aliphatic imine (C=N–C) groups is 1. The van der Waals surface area contributed by atoms with E-state index in [4.69, 9.17) is 0 Å². The van der Waals surface area contributed by atoms with Crippen LogP contribution in [0.4, 0.5) is 0 Å². The summed E-state index contributed by atoms with van der Waals surface area (Å²) in [7, 11) is -3.41. The van der Waals surface area contributed by atoms with Crippen molar-refractivity contribution in [3.05, 3.63) is 29.8 Å². The number of hydrogen-bond donors (Lipinski definition) is 1. The van der Waals surface area contributed by atoms with Crippen molar-refractivity contribution in [2.45, 2.75) is 30.2 Å². The standard InChI is InChI=1S/C15H19N3O2S/c19-21(20)14-4-2-1-3-13(14)15(17-21)16-12-7-8-18(10-12)9-11-5-6-11/h1-4,11-12H,5-10H2,(H,16,17)/t12-/m1/s1.